The van der Waals surface area contributed by atoms with Crippen LogP contribution in [0.2, 0.25) is 0 Å². The molecule has 3 N–H and O–H groups in total. The Morgan fingerprint density at radius 2 is 1.95 bits per heavy atom. The van der Waals surface area contributed by atoms with Crippen molar-refractivity contribution < 1.29 is 9.47 Å². The Kier molecular flexibility index (Phi) is 4.49. The van der Waals surface area contributed by atoms with E-state index >= 15 is 0 Å². The maximum Gasteiger partial charge on any atom is 0.124 e. The fourth-order valence-electron chi connectivity index (χ4n) is 1.95. The third kappa shape index (κ3) is 2.87. The average molecular weight is 274 g/mol. The summed E-state index contributed by atoms with van der Waals surface area (Å²) in [5.41, 5.74) is 5.14. The number of ether oxygens (including phenoxy) is 2. The van der Waals surface area contributed by atoms with E-state index in [1.54, 1.807) is 26.6 Å². The van der Waals surface area contributed by atoms with Gasteiger partial charge in [-0.15, -0.1) is 0 Å². The van der Waals surface area contributed by atoms with E-state index in [1.165, 1.54) is 0 Å². The Hall–Kier alpha value is -2.18. The molecule has 0 saturated heterocycles. The quantitative estimate of drug-likeness (QED) is 0.632. The van der Waals surface area contributed by atoms with Crippen molar-refractivity contribution in [3.05, 3.63) is 47.5 Å². The van der Waals surface area contributed by atoms with Crippen molar-refractivity contribution in [2.24, 2.45) is 5.84 Å². The first kappa shape index (κ1) is 14.2. The van der Waals surface area contributed by atoms with Gasteiger partial charge in [-0.2, -0.15) is 0 Å². The van der Waals surface area contributed by atoms with E-state index in [9.17, 15) is 0 Å². The van der Waals surface area contributed by atoms with Gasteiger partial charge < -0.3 is 9.47 Å². The second-order valence-electron chi connectivity index (χ2n) is 4.29. The summed E-state index contributed by atoms with van der Waals surface area (Å²) in [6.07, 6.45) is 3.39. The molecule has 0 amide bonds. The van der Waals surface area contributed by atoms with Crippen LogP contribution in [0.25, 0.3) is 0 Å². The zero-order valence-electron chi connectivity index (χ0n) is 11.8. The average Bonchev–Trinajstić information content (AvgIpc) is 2.49. The smallest absolute Gasteiger partial charge is 0.124 e. The number of nitrogens with two attached hydrogens (primary N) is 1. The van der Waals surface area contributed by atoms with E-state index in [1.807, 2.05) is 25.1 Å². The van der Waals surface area contributed by atoms with E-state index in [4.69, 9.17) is 15.3 Å². The Morgan fingerprint density at radius 1 is 1.15 bits per heavy atom. The third-order valence-electron chi connectivity index (χ3n) is 3.01. The largest absolute Gasteiger partial charge is 0.497 e. The van der Waals surface area contributed by atoms with Crippen molar-refractivity contribution in [1.29, 1.82) is 0 Å². The molecule has 6 heteroatoms. The lowest BCUT2D eigenvalue weighted by Crippen LogP contribution is -2.30. The van der Waals surface area contributed by atoms with E-state index in [0.717, 1.165) is 17.0 Å². The summed E-state index contributed by atoms with van der Waals surface area (Å²) in [5, 5.41) is 0. The molecule has 0 aliphatic rings. The predicted molar refractivity (Wildman–Crippen MR) is 75.5 cm³/mol. The van der Waals surface area contributed by atoms with Gasteiger partial charge in [0, 0.05) is 11.8 Å². The topological polar surface area (TPSA) is 82.3 Å². The predicted octanol–water partition coefficient (Wildman–Crippen LogP) is 1.35. The molecular weight excluding hydrogens is 256 g/mol. The van der Waals surface area contributed by atoms with Crippen LogP contribution in [-0.4, -0.2) is 24.2 Å². The molecule has 1 unspecified atom stereocenters. The van der Waals surface area contributed by atoms with Gasteiger partial charge in [-0.3, -0.25) is 15.8 Å². The number of aryl methyl sites for hydroxylation is 1. The minimum Gasteiger partial charge on any atom is -0.497 e. The first-order valence-corrected chi connectivity index (χ1v) is 6.16. The first-order chi connectivity index (χ1) is 9.69. The third-order valence-corrected chi connectivity index (χ3v) is 3.01. The molecule has 0 radical (unpaired) electrons. The van der Waals surface area contributed by atoms with Crippen LogP contribution in [0.4, 0.5) is 0 Å². The van der Waals surface area contributed by atoms with Gasteiger partial charge in [-0.25, -0.2) is 5.43 Å². The van der Waals surface area contributed by atoms with Crippen molar-refractivity contribution in [3.63, 3.8) is 0 Å². The van der Waals surface area contributed by atoms with Crippen molar-refractivity contribution in [2.75, 3.05) is 14.2 Å². The highest BCUT2D eigenvalue weighted by Gasteiger charge is 2.19. The molecule has 2 aromatic rings. The lowest BCUT2D eigenvalue weighted by atomic mass is 10.0. The van der Waals surface area contributed by atoms with Crippen LogP contribution in [0.5, 0.6) is 11.5 Å². The SMILES string of the molecule is COc1ccc(OC)c(C(NN)c2cnc(C)cn2)c1. The molecule has 6 nitrogen and oxygen atoms in total. The molecule has 1 atom stereocenters. The van der Waals surface area contributed by atoms with E-state index in [-0.39, 0.29) is 6.04 Å². The van der Waals surface area contributed by atoms with E-state index in [0.29, 0.717) is 11.4 Å². The summed E-state index contributed by atoms with van der Waals surface area (Å²) < 4.78 is 10.6. The summed E-state index contributed by atoms with van der Waals surface area (Å²) in [5.74, 6) is 7.10. The second kappa shape index (κ2) is 6.31. The number of hydrogen-bond acceptors (Lipinski definition) is 6. The van der Waals surface area contributed by atoms with Gasteiger partial charge in [0.25, 0.3) is 0 Å². The molecule has 0 saturated carbocycles. The maximum absolute atomic E-state index is 5.68. The maximum atomic E-state index is 5.68. The van der Waals surface area contributed by atoms with Gasteiger partial charge in [-0.1, -0.05) is 0 Å². The number of methoxy groups -OCH3 is 2. The second-order valence-corrected chi connectivity index (χ2v) is 4.29. The molecular formula is C14H18N4O2. The highest BCUT2D eigenvalue weighted by atomic mass is 16.5. The lowest BCUT2D eigenvalue weighted by Gasteiger charge is -2.19. The summed E-state index contributed by atoms with van der Waals surface area (Å²) in [7, 11) is 3.22. The van der Waals surface area contributed by atoms with Gasteiger partial charge in [0.05, 0.1) is 37.8 Å². The molecule has 0 aliphatic carbocycles. The van der Waals surface area contributed by atoms with Crippen LogP contribution in [-0.2, 0) is 0 Å². The van der Waals surface area contributed by atoms with Crippen molar-refractivity contribution in [1.82, 2.24) is 15.4 Å². The molecule has 1 heterocycles. The fourth-order valence-corrected chi connectivity index (χ4v) is 1.95. The standard InChI is InChI=1S/C14H18N4O2/c1-9-7-17-12(8-16-9)14(18-15)11-6-10(19-2)4-5-13(11)20-3/h4-8,14,18H,15H2,1-3H3. The summed E-state index contributed by atoms with van der Waals surface area (Å²) in [6.45, 7) is 1.88. The Labute approximate surface area is 117 Å². The Balaban J connectivity index is 2.47. The molecule has 0 aliphatic heterocycles. The Morgan fingerprint density at radius 3 is 2.50 bits per heavy atom. The minimum absolute atomic E-state index is 0.326. The number of aromatic nitrogens is 2. The number of hydrazine groups is 1. The van der Waals surface area contributed by atoms with Gasteiger partial charge in [0.15, 0.2) is 0 Å². The number of benzene rings is 1. The fraction of sp³-hybridized carbons (Fsp3) is 0.286. The first-order valence-electron chi connectivity index (χ1n) is 6.16. The molecule has 0 fully saturated rings. The summed E-state index contributed by atoms with van der Waals surface area (Å²) >= 11 is 0. The molecule has 1 aromatic heterocycles. The highest BCUT2D eigenvalue weighted by molar-refractivity contribution is 5.44. The number of nitrogens with zero attached hydrogens (tertiary/aromatic N) is 2. The molecule has 1 aromatic carbocycles. The molecule has 0 bridgehead atoms. The monoisotopic (exact) mass is 274 g/mol. The molecule has 20 heavy (non-hydrogen) atoms. The van der Waals surface area contributed by atoms with E-state index < -0.39 is 0 Å². The number of hydrogen-bond donors (Lipinski definition) is 2. The number of rotatable bonds is 5. The van der Waals surface area contributed by atoms with Crippen LogP contribution < -0.4 is 20.7 Å². The van der Waals surface area contributed by atoms with Crippen LogP contribution in [0.1, 0.15) is 23.0 Å². The molecule has 0 spiro atoms. The van der Waals surface area contributed by atoms with Crippen LogP contribution >= 0.6 is 0 Å². The summed E-state index contributed by atoms with van der Waals surface area (Å²) in [4.78, 5) is 8.60. The van der Waals surface area contributed by atoms with Gasteiger partial charge in [-0.05, 0) is 25.1 Å². The number of nitrogens with one attached hydrogen (secondary N) is 1. The van der Waals surface area contributed by atoms with Gasteiger partial charge >= 0.3 is 0 Å². The molecule has 106 valence electrons. The Bertz CT molecular complexity index is 572. The summed E-state index contributed by atoms with van der Waals surface area (Å²) in [6, 6.07) is 5.20. The van der Waals surface area contributed by atoms with Crippen LogP contribution in [0.3, 0.4) is 0 Å². The molecule has 2 rings (SSSR count). The minimum atomic E-state index is -0.326. The van der Waals surface area contributed by atoms with Crippen LogP contribution in [0.15, 0.2) is 30.6 Å². The van der Waals surface area contributed by atoms with Crippen molar-refractivity contribution in [3.8, 4) is 11.5 Å². The van der Waals surface area contributed by atoms with Gasteiger partial charge in [0.2, 0.25) is 0 Å². The normalized spacial score (nSPS) is 12.0. The van der Waals surface area contributed by atoms with Crippen molar-refractivity contribution >= 4 is 0 Å². The zero-order chi connectivity index (χ0) is 14.5. The zero-order valence-corrected chi connectivity index (χ0v) is 11.8. The van der Waals surface area contributed by atoms with Gasteiger partial charge in [0.1, 0.15) is 11.5 Å². The lowest BCUT2D eigenvalue weighted by molar-refractivity contribution is 0.393. The highest BCUT2D eigenvalue weighted by Crippen LogP contribution is 2.31. The van der Waals surface area contributed by atoms with E-state index in [2.05, 4.69) is 15.4 Å². The van der Waals surface area contributed by atoms with Crippen LogP contribution in [0, 0.1) is 6.92 Å². The van der Waals surface area contributed by atoms with Crippen molar-refractivity contribution in [2.45, 2.75) is 13.0 Å².